The third kappa shape index (κ3) is 1.51. The van der Waals surface area contributed by atoms with E-state index in [1.54, 1.807) is 6.07 Å². The van der Waals surface area contributed by atoms with Gasteiger partial charge in [0.15, 0.2) is 11.6 Å². The Kier molecular flexibility index (Phi) is 2.27. The van der Waals surface area contributed by atoms with Crippen LogP contribution >= 0.6 is 0 Å². The summed E-state index contributed by atoms with van der Waals surface area (Å²) in [5.74, 6) is -1.80. The predicted octanol–water partition coefficient (Wildman–Crippen LogP) is 5.22. The normalized spacial score (nSPS) is 11.5. The van der Waals surface area contributed by atoms with E-state index in [-0.39, 0.29) is 0 Å². The summed E-state index contributed by atoms with van der Waals surface area (Å²) >= 11 is 0. The van der Waals surface area contributed by atoms with Crippen molar-refractivity contribution < 1.29 is 8.78 Å². The number of benzene rings is 4. The predicted molar refractivity (Wildman–Crippen MR) is 77.7 cm³/mol. The summed E-state index contributed by atoms with van der Waals surface area (Å²) in [6, 6.07) is 19.4. The van der Waals surface area contributed by atoms with E-state index >= 15 is 0 Å². The lowest BCUT2D eigenvalue weighted by Gasteiger charge is -2.07. The average Bonchev–Trinajstić information content (AvgIpc) is 2.48. The summed E-state index contributed by atoms with van der Waals surface area (Å²) in [5.41, 5.74) is 0. The van der Waals surface area contributed by atoms with Gasteiger partial charge in [0.2, 0.25) is 0 Å². The first-order chi connectivity index (χ1) is 9.74. The molecule has 95 valence electrons. The molecule has 0 fully saturated rings. The second-order valence-corrected chi connectivity index (χ2v) is 4.84. The third-order valence-electron chi connectivity index (χ3n) is 3.69. The van der Waals surface area contributed by atoms with Crippen molar-refractivity contribution in [1.29, 1.82) is 0 Å². The molecule has 0 heterocycles. The van der Waals surface area contributed by atoms with Crippen LogP contribution in [-0.4, -0.2) is 0 Å². The number of hydrogen-bond donors (Lipinski definition) is 0. The minimum atomic E-state index is -0.933. The number of hydrogen-bond acceptors (Lipinski definition) is 0. The Bertz CT molecular complexity index is 971. The van der Waals surface area contributed by atoms with Crippen LogP contribution in [-0.2, 0) is 0 Å². The molecule has 4 aromatic rings. The smallest absolute Gasteiger partial charge is 0.167 e. The maximum absolute atomic E-state index is 13.5. The Morgan fingerprint density at radius 3 is 2.35 bits per heavy atom. The van der Waals surface area contributed by atoms with Gasteiger partial charge in [-0.25, -0.2) is 8.78 Å². The molecule has 0 amide bonds. The highest BCUT2D eigenvalue weighted by molar-refractivity contribution is 6.17. The lowest BCUT2D eigenvalue weighted by Crippen LogP contribution is -1.87. The van der Waals surface area contributed by atoms with Crippen molar-refractivity contribution in [2.45, 2.75) is 0 Å². The summed E-state index contributed by atoms with van der Waals surface area (Å²) in [4.78, 5) is 0. The second-order valence-electron chi connectivity index (χ2n) is 4.84. The topological polar surface area (TPSA) is 0 Å². The van der Waals surface area contributed by atoms with Gasteiger partial charge in [-0.05, 0) is 38.4 Å². The molecule has 20 heavy (non-hydrogen) atoms. The zero-order valence-corrected chi connectivity index (χ0v) is 10.5. The molecule has 0 saturated heterocycles. The van der Waals surface area contributed by atoms with E-state index in [1.165, 1.54) is 6.07 Å². The van der Waals surface area contributed by atoms with Gasteiger partial charge in [0.25, 0.3) is 0 Å². The van der Waals surface area contributed by atoms with Gasteiger partial charge in [-0.15, -0.1) is 0 Å². The molecule has 2 heteroatoms. The number of fused-ring (bicyclic) bond motifs is 5. The molecule has 0 nitrogen and oxygen atoms in total. The summed E-state index contributed by atoms with van der Waals surface area (Å²) in [6.45, 7) is 0. The Labute approximate surface area is 114 Å². The summed E-state index contributed by atoms with van der Waals surface area (Å²) in [7, 11) is 0. The van der Waals surface area contributed by atoms with Crippen LogP contribution in [0.1, 0.15) is 0 Å². The van der Waals surface area contributed by atoms with Gasteiger partial charge < -0.3 is 0 Å². The Morgan fingerprint density at radius 1 is 0.700 bits per heavy atom. The maximum Gasteiger partial charge on any atom is 0.167 e. The van der Waals surface area contributed by atoms with E-state index in [0.717, 1.165) is 21.5 Å². The van der Waals surface area contributed by atoms with Gasteiger partial charge >= 0.3 is 0 Å². The minimum absolute atomic E-state index is 0.590. The Hall–Kier alpha value is -2.48. The standard InChI is InChI=1S/C18H9F2/c19-17-9-12-6-8-14-13-4-2-1-3-11(13)5-7-15(14)16(12)10-18(17)20/h1-8,10H. The van der Waals surface area contributed by atoms with Crippen LogP contribution in [0.2, 0.25) is 0 Å². The first kappa shape index (κ1) is 11.4. The van der Waals surface area contributed by atoms with Crippen molar-refractivity contribution in [3.63, 3.8) is 0 Å². The van der Waals surface area contributed by atoms with E-state index in [1.807, 2.05) is 42.5 Å². The van der Waals surface area contributed by atoms with Crippen LogP contribution in [0.25, 0.3) is 32.3 Å². The lowest BCUT2D eigenvalue weighted by atomic mass is 9.97. The van der Waals surface area contributed by atoms with E-state index in [4.69, 9.17) is 0 Å². The molecule has 4 aromatic carbocycles. The van der Waals surface area contributed by atoms with Crippen molar-refractivity contribution in [3.05, 3.63) is 72.3 Å². The quantitative estimate of drug-likeness (QED) is 0.381. The molecule has 0 aliphatic heterocycles. The Morgan fingerprint density at radius 2 is 1.45 bits per heavy atom. The number of rotatable bonds is 0. The molecule has 0 N–H and O–H groups in total. The molecule has 0 spiro atoms. The Balaban J connectivity index is 2.25. The van der Waals surface area contributed by atoms with Crippen molar-refractivity contribution in [3.8, 4) is 0 Å². The molecule has 0 aromatic heterocycles. The summed E-state index contributed by atoms with van der Waals surface area (Å²) < 4.78 is 26.8. The first-order valence-electron chi connectivity index (χ1n) is 6.35. The zero-order chi connectivity index (χ0) is 13.7. The molecule has 0 bridgehead atoms. The van der Waals surface area contributed by atoms with Gasteiger partial charge in [0.1, 0.15) is 0 Å². The highest BCUT2D eigenvalue weighted by atomic mass is 19.2. The summed E-state index contributed by atoms with van der Waals surface area (Å²) in [5, 5.41) is 5.47. The molecule has 0 saturated carbocycles. The largest absolute Gasteiger partial charge is 0.204 e. The van der Waals surface area contributed by atoms with Crippen LogP contribution in [0.5, 0.6) is 0 Å². The van der Waals surface area contributed by atoms with Crippen LogP contribution in [0, 0.1) is 17.7 Å². The van der Waals surface area contributed by atoms with E-state index in [9.17, 15) is 8.78 Å². The van der Waals surface area contributed by atoms with Crippen molar-refractivity contribution in [1.82, 2.24) is 0 Å². The average molecular weight is 263 g/mol. The fourth-order valence-corrected chi connectivity index (χ4v) is 2.74. The highest BCUT2D eigenvalue weighted by Crippen LogP contribution is 2.31. The lowest BCUT2D eigenvalue weighted by molar-refractivity contribution is 0.509. The van der Waals surface area contributed by atoms with E-state index < -0.39 is 11.6 Å². The molecule has 0 atom stereocenters. The molecule has 0 unspecified atom stereocenters. The third-order valence-corrected chi connectivity index (χ3v) is 3.69. The van der Waals surface area contributed by atoms with Crippen LogP contribution in [0.3, 0.4) is 0 Å². The van der Waals surface area contributed by atoms with Gasteiger partial charge in [0, 0.05) is 6.07 Å². The monoisotopic (exact) mass is 263 g/mol. The van der Waals surface area contributed by atoms with E-state index in [0.29, 0.717) is 10.8 Å². The van der Waals surface area contributed by atoms with Crippen molar-refractivity contribution in [2.24, 2.45) is 0 Å². The van der Waals surface area contributed by atoms with Crippen LogP contribution in [0.15, 0.2) is 54.6 Å². The van der Waals surface area contributed by atoms with Gasteiger partial charge in [0.05, 0.1) is 0 Å². The SMILES string of the molecule is Fc1[c]c2ccc3c4ccccc4ccc3c2cc1F. The highest BCUT2D eigenvalue weighted by Gasteiger charge is 2.09. The fraction of sp³-hybridized carbons (Fsp3) is 0. The minimum Gasteiger partial charge on any atom is -0.204 e. The van der Waals surface area contributed by atoms with Crippen molar-refractivity contribution >= 4 is 32.3 Å². The second kappa shape index (κ2) is 4.01. The molecular weight excluding hydrogens is 254 g/mol. The van der Waals surface area contributed by atoms with E-state index in [2.05, 4.69) is 6.07 Å². The maximum atomic E-state index is 13.5. The molecular formula is C18H9F2. The van der Waals surface area contributed by atoms with Gasteiger partial charge in [-0.3, -0.25) is 0 Å². The molecule has 0 aliphatic rings. The van der Waals surface area contributed by atoms with Crippen molar-refractivity contribution in [2.75, 3.05) is 0 Å². The summed E-state index contributed by atoms with van der Waals surface area (Å²) in [6.07, 6.45) is 0. The molecule has 1 radical (unpaired) electrons. The first-order valence-corrected chi connectivity index (χ1v) is 6.35. The fourth-order valence-electron chi connectivity index (χ4n) is 2.74. The molecule has 0 aliphatic carbocycles. The zero-order valence-electron chi connectivity index (χ0n) is 10.5. The van der Waals surface area contributed by atoms with Crippen LogP contribution < -0.4 is 0 Å². The molecule has 4 rings (SSSR count). The van der Waals surface area contributed by atoms with Gasteiger partial charge in [-0.1, -0.05) is 48.5 Å². The number of halogens is 2. The van der Waals surface area contributed by atoms with Gasteiger partial charge in [-0.2, -0.15) is 0 Å². The van der Waals surface area contributed by atoms with Crippen LogP contribution in [0.4, 0.5) is 8.78 Å².